The Kier molecular flexibility index (Phi) is 5.37. The Morgan fingerprint density at radius 3 is 2.84 bits per heavy atom. The van der Waals surface area contributed by atoms with Crippen LogP contribution in [0, 0.1) is 5.92 Å². The van der Waals surface area contributed by atoms with Crippen molar-refractivity contribution < 1.29 is 9.32 Å². The molecule has 3 N–H and O–H groups in total. The van der Waals surface area contributed by atoms with Crippen LogP contribution in [0.4, 0.5) is 5.82 Å². The molecule has 162 valence electrons. The van der Waals surface area contributed by atoms with Crippen molar-refractivity contribution in [1.29, 1.82) is 0 Å². The highest BCUT2D eigenvalue weighted by Gasteiger charge is 2.31. The number of imidazole rings is 1. The first-order valence-electron chi connectivity index (χ1n) is 10.7. The van der Waals surface area contributed by atoms with Crippen molar-refractivity contribution in [3.63, 3.8) is 0 Å². The number of rotatable bonds is 6. The zero-order valence-corrected chi connectivity index (χ0v) is 17.3. The Morgan fingerprint density at radius 2 is 2.06 bits per heavy atom. The van der Waals surface area contributed by atoms with Crippen LogP contribution in [0.5, 0.6) is 0 Å². The molecule has 2 fully saturated rings. The number of carbonyl (C=O) groups excluding carboxylic acids is 1. The summed E-state index contributed by atoms with van der Waals surface area (Å²) in [5, 5.41) is 4.24. The van der Waals surface area contributed by atoms with Crippen molar-refractivity contribution in [2.24, 2.45) is 11.7 Å². The van der Waals surface area contributed by atoms with E-state index in [9.17, 15) is 4.79 Å². The highest BCUT2D eigenvalue weighted by molar-refractivity contribution is 5.77. The number of hydrogen-bond donors (Lipinski definition) is 2. The third kappa shape index (κ3) is 4.15. The molecule has 0 aliphatic carbocycles. The minimum atomic E-state index is -0.214. The third-order valence-corrected chi connectivity index (χ3v) is 6.22. The molecule has 5 rings (SSSR count). The number of nitrogens with two attached hydrogens (primary N) is 1. The summed E-state index contributed by atoms with van der Waals surface area (Å²) in [5.74, 6) is 2.73. The van der Waals surface area contributed by atoms with Gasteiger partial charge in [-0.3, -0.25) is 9.69 Å². The highest BCUT2D eigenvalue weighted by Crippen LogP contribution is 2.33. The second-order valence-corrected chi connectivity index (χ2v) is 8.19. The number of hydrogen-bond acceptors (Lipinski definition) is 8. The molecule has 10 nitrogen and oxygen atoms in total. The molecule has 2 saturated heterocycles. The van der Waals surface area contributed by atoms with E-state index >= 15 is 0 Å². The van der Waals surface area contributed by atoms with Gasteiger partial charge in [-0.25, -0.2) is 9.97 Å². The molecule has 31 heavy (non-hydrogen) atoms. The number of carbonyl (C=O) groups is 1. The molecule has 1 amide bonds. The summed E-state index contributed by atoms with van der Waals surface area (Å²) in [7, 11) is 0. The molecule has 3 aromatic heterocycles. The number of nitrogens with zero attached hydrogens (tertiary/aromatic N) is 6. The lowest BCUT2D eigenvalue weighted by Crippen LogP contribution is -2.38. The molecular formula is C21H26N8O2. The van der Waals surface area contributed by atoms with Gasteiger partial charge < -0.3 is 20.1 Å². The minimum absolute atomic E-state index is 0.0465. The fourth-order valence-electron chi connectivity index (χ4n) is 4.48. The van der Waals surface area contributed by atoms with Gasteiger partial charge in [-0.05, 0) is 44.4 Å². The van der Waals surface area contributed by atoms with Gasteiger partial charge in [0.15, 0.2) is 0 Å². The lowest BCUT2D eigenvalue weighted by Gasteiger charge is -2.31. The third-order valence-electron chi connectivity index (χ3n) is 6.22. The van der Waals surface area contributed by atoms with Crippen LogP contribution < -0.4 is 10.6 Å². The van der Waals surface area contributed by atoms with Gasteiger partial charge in [-0.2, -0.15) is 4.98 Å². The molecule has 0 spiro atoms. The molecule has 10 heteroatoms. The standard InChI is InChI=1S/C21H26N8O2/c22-19(30)14-4-10-28(11-5-14)18-12-15(3-6-25-18)20-26-21(31-27-20)16-2-1-9-29(16)13-17-23-7-8-24-17/h3,6-8,12,14,16H,1-2,4-5,9-11,13H2,(H2,22,30)(H,23,24)/t16-/m0/s1. The lowest BCUT2D eigenvalue weighted by molar-refractivity contribution is -0.122. The molecule has 0 aromatic carbocycles. The Bertz CT molecular complexity index is 1030. The van der Waals surface area contributed by atoms with E-state index in [0.29, 0.717) is 11.7 Å². The molecule has 2 aliphatic heterocycles. The van der Waals surface area contributed by atoms with Crippen LogP contribution in [0.25, 0.3) is 11.4 Å². The fraction of sp³-hybridized carbons (Fsp3) is 0.476. The maximum atomic E-state index is 11.4. The number of H-pyrrole nitrogens is 1. The Hall–Kier alpha value is -3.27. The van der Waals surface area contributed by atoms with Crippen LogP contribution in [0.3, 0.4) is 0 Å². The van der Waals surface area contributed by atoms with Crippen molar-refractivity contribution in [3.8, 4) is 11.4 Å². The average molecular weight is 422 g/mol. The number of piperidine rings is 1. The van der Waals surface area contributed by atoms with Crippen LogP contribution in [0.2, 0.25) is 0 Å². The number of primary amides is 1. The second-order valence-electron chi connectivity index (χ2n) is 8.19. The zero-order chi connectivity index (χ0) is 21.2. The highest BCUT2D eigenvalue weighted by atomic mass is 16.5. The molecule has 0 bridgehead atoms. The summed E-state index contributed by atoms with van der Waals surface area (Å²) in [4.78, 5) is 32.6. The van der Waals surface area contributed by atoms with E-state index in [1.807, 2.05) is 18.3 Å². The summed E-state index contributed by atoms with van der Waals surface area (Å²) in [6.45, 7) is 3.22. The first-order chi connectivity index (χ1) is 15.2. The largest absolute Gasteiger partial charge is 0.369 e. The average Bonchev–Trinajstić information content (AvgIpc) is 3.56. The number of amides is 1. The molecular weight excluding hydrogens is 396 g/mol. The molecule has 0 saturated carbocycles. The summed E-state index contributed by atoms with van der Waals surface area (Å²) in [6.07, 6.45) is 8.94. The smallest absolute Gasteiger partial charge is 0.244 e. The van der Waals surface area contributed by atoms with Gasteiger partial charge in [0.1, 0.15) is 11.6 Å². The molecule has 3 aromatic rings. The molecule has 0 unspecified atom stereocenters. The number of likely N-dealkylation sites (tertiary alicyclic amines) is 1. The number of aromatic nitrogens is 5. The van der Waals surface area contributed by atoms with Crippen LogP contribution >= 0.6 is 0 Å². The number of aromatic amines is 1. The quantitative estimate of drug-likeness (QED) is 0.616. The number of anilines is 1. The van der Waals surface area contributed by atoms with Crippen molar-refractivity contribution in [2.75, 3.05) is 24.5 Å². The van der Waals surface area contributed by atoms with E-state index in [2.05, 4.69) is 29.9 Å². The first-order valence-corrected chi connectivity index (χ1v) is 10.7. The van der Waals surface area contributed by atoms with Gasteiger partial charge in [0.05, 0.1) is 12.6 Å². The van der Waals surface area contributed by atoms with Crippen molar-refractivity contribution in [3.05, 3.63) is 42.4 Å². The zero-order valence-electron chi connectivity index (χ0n) is 17.3. The van der Waals surface area contributed by atoms with Crippen LogP contribution in [-0.4, -0.2) is 55.5 Å². The molecule has 2 aliphatic rings. The molecule has 5 heterocycles. The van der Waals surface area contributed by atoms with E-state index in [4.69, 9.17) is 15.2 Å². The Labute approximate surface area is 179 Å². The predicted molar refractivity (Wildman–Crippen MR) is 113 cm³/mol. The van der Waals surface area contributed by atoms with Crippen molar-refractivity contribution >= 4 is 11.7 Å². The topological polar surface area (TPSA) is 130 Å². The summed E-state index contributed by atoms with van der Waals surface area (Å²) >= 11 is 0. The SMILES string of the molecule is NC(=O)C1CCN(c2cc(-c3noc([C@@H]4CCCN4Cc4ncc[nH]4)n3)ccn2)CC1. The van der Waals surface area contributed by atoms with Gasteiger partial charge >= 0.3 is 0 Å². The van der Waals surface area contributed by atoms with E-state index in [-0.39, 0.29) is 17.9 Å². The Balaban J connectivity index is 1.30. The summed E-state index contributed by atoms with van der Waals surface area (Å²) in [6, 6.07) is 3.97. The second kappa shape index (κ2) is 8.46. The summed E-state index contributed by atoms with van der Waals surface area (Å²) in [5.41, 5.74) is 6.31. The van der Waals surface area contributed by atoms with E-state index in [1.165, 1.54) is 0 Å². The fourth-order valence-corrected chi connectivity index (χ4v) is 4.48. The van der Waals surface area contributed by atoms with Crippen LogP contribution in [-0.2, 0) is 11.3 Å². The number of nitrogens with one attached hydrogen (secondary N) is 1. The maximum Gasteiger partial charge on any atom is 0.244 e. The predicted octanol–water partition coefficient (Wildman–Crippen LogP) is 1.89. The van der Waals surface area contributed by atoms with Crippen molar-refractivity contribution in [1.82, 2.24) is 30.0 Å². The van der Waals surface area contributed by atoms with E-state index < -0.39 is 0 Å². The number of pyridine rings is 1. The van der Waals surface area contributed by atoms with Crippen LogP contribution in [0.1, 0.15) is 43.4 Å². The first kappa shape index (κ1) is 19.7. The van der Waals surface area contributed by atoms with Crippen LogP contribution in [0.15, 0.2) is 35.2 Å². The monoisotopic (exact) mass is 422 g/mol. The van der Waals surface area contributed by atoms with E-state index in [1.54, 1.807) is 12.4 Å². The van der Waals surface area contributed by atoms with Gasteiger partial charge in [0.2, 0.25) is 17.6 Å². The van der Waals surface area contributed by atoms with Gasteiger partial charge in [-0.1, -0.05) is 5.16 Å². The normalized spacial score (nSPS) is 20.4. The minimum Gasteiger partial charge on any atom is -0.369 e. The maximum absolute atomic E-state index is 11.4. The Morgan fingerprint density at radius 1 is 1.19 bits per heavy atom. The van der Waals surface area contributed by atoms with Crippen molar-refractivity contribution in [2.45, 2.75) is 38.3 Å². The summed E-state index contributed by atoms with van der Waals surface area (Å²) < 4.78 is 5.66. The van der Waals surface area contributed by atoms with Gasteiger partial charge in [0.25, 0.3) is 0 Å². The van der Waals surface area contributed by atoms with Gasteiger partial charge in [0, 0.05) is 43.2 Å². The van der Waals surface area contributed by atoms with E-state index in [0.717, 1.165) is 69.1 Å². The molecule has 0 radical (unpaired) electrons. The lowest BCUT2D eigenvalue weighted by atomic mass is 9.96. The van der Waals surface area contributed by atoms with Gasteiger partial charge in [-0.15, -0.1) is 0 Å². The molecule has 1 atom stereocenters.